The van der Waals surface area contributed by atoms with Gasteiger partial charge in [0.05, 0.1) is 33.8 Å². The third-order valence-electron chi connectivity index (χ3n) is 10.8. The van der Waals surface area contributed by atoms with Crippen LogP contribution < -0.4 is 0 Å². The molecule has 0 spiro atoms. The maximum absolute atomic E-state index is 5.48. The third-order valence-corrected chi connectivity index (χ3v) is 10.8. The van der Waals surface area contributed by atoms with Crippen LogP contribution in [-0.2, 0) is 0 Å². The van der Waals surface area contributed by atoms with E-state index in [4.69, 9.17) is 20.0 Å². The van der Waals surface area contributed by atoms with E-state index in [1.54, 1.807) is 12.4 Å². The lowest BCUT2D eigenvalue weighted by Gasteiger charge is -2.18. The molecule has 0 amide bonds. The van der Waals surface area contributed by atoms with Crippen LogP contribution in [0.2, 0.25) is 0 Å². The topological polar surface area (TPSA) is 102 Å². The number of rotatable bonds is 6. The highest BCUT2D eigenvalue weighted by molar-refractivity contribution is 6.22. The Kier molecular flexibility index (Phi) is 8.63. The smallest absolute Gasteiger partial charge is 0.116 e. The molecule has 8 nitrogen and oxygen atoms in total. The van der Waals surface area contributed by atoms with Crippen LogP contribution in [0.5, 0.6) is 0 Å². The first-order valence-corrected chi connectivity index (χ1v) is 19.6. The van der Waals surface area contributed by atoms with Crippen molar-refractivity contribution in [1.82, 2.24) is 29.9 Å². The van der Waals surface area contributed by atoms with Crippen molar-refractivity contribution in [3.8, 4) is 44.5 Å². The van der Waals surface area contributed by atoms with Gasteiger partial charge in [0.15, 0.2) is 0 Å². The number of fused-ring (bicyclic) bond motifs is 4. The van der Waals surface area contributed by atoms with Crippen molar-refractivity contribution in [3.63, 3.8) is 0 Å². The first-order chi connectivity index (χ1) is 29.7. The van der Waals surface area contributed by atoms with Gasteiger partial charge in [-0.2, -0.15) is 0 Å². The molecule has 8 heteroatoms. The molecule has 0 fully saturated rings. The number of aromatic nitrogens is 6. The first kappa shape index (κ1) is 34.9. The van der Waals surface area contributed by atoms with Crippen LogP contribution in [0.15, 0.2) is 205 Å². The van der Waals surface area contributed by atoms with Crippen LogP contribution in [0.1, 0.15) is 22.5 Å². The summed E-state index contributed by atoms with van der Waals surface area (Å²) in [5.74, 6) is 0. The second-order valence-corrected chi connectivity index (χ2v) is 14.6. The van der Waals surface area contributed by atoms with E-state index >= 15 is 0 Å². The molecule has 6 aromatic heterocycles. The second kappa shape index (κ2) is 14.9. The van der Waals surface area contributed by atoms with E-state index in [1.165, 1.54) is 0 Å². The van der Waals surface area contributed by atoms with Crippen molar-refractivity contribution in [2.45, 2.75) is 0 Å². The molecule has 0 saturated carbocycles. The molecule has 4 aromatic carbocycles. The van der Waals surface area contributed by atoms with Gasteiger partial charge in [0.2, 0.25) is 0 Å². The zero-order valence-electron chi connectivity index (χ0n) is 32.1. The molecule has 1 aliphatic heterocycles. The van der Waals surface area contributed by atoms with Gasteiger partial charge in [-0.1, -0.05) is 97.1 Å². The molecule has 0 N–H and O–H groups in total. The van der Waals surface area contributed by atoms with E-state index < -0.39 is 0 Å². The van der Waals surface area contributed by atoms with Crippen molar-refractivity contribution in [1.29, 1.82) is 0 Å². The second-order valence-electron chi connectivity index (χ2n) is 14.6. The average molecular weight is 769 g/mol. The van der Waals surface area contributed by atoms with Gasteiger partial charge in [0.1, 0.15) is 11.4 Å². The normalized spacial score (nSPS) is 12.2. The number of hydrogen-bond donors (Lipinski definition) is 0. The Morgan fingerprint density at radius 1 is 0.283 bits per heavy atom. The van der Waals surface area contributed by atoms with Gasteiger partial charge in [0, 0.05) is 105 Å². The van der Waals surface area contributed by atoms with Crippen LogP contribution >= 0.6 is 0 Å². The van der Waals surface area contributed by atoms with E-state index in [-0.39, 0.29) is 0 Å². The fourth-order valence-corrected chi connectivity index (χ4v) is 7.70. The summed E-state index contributed by atoms with van der Waals surface area (Å²) >= 11 is 0. The number of para-hydroxylation sites is 2. The highest BCUT2D eigenvalue weighted by Crippen LogP contribution is 2.36. The van der Waals surface area contributed by atoms with Gasteiger partial charge in [-0.25, -0.2) is 20.0 Å². The number of pyridine rings is 6. The van der Waals surface area contributed by atoms with Crippen LogP contribution in [-0.4, -0.2) is 41.3 Å². The molecule has 0 radical (unpaired) electrons. The van der Waals surface area contributed by atoms with Gasteiger partial charge in [0.25, 0.3) is 0 Å². The largest absolute Gasteiger partial charge is 0.264 e. The number of nitrogens with zero attached hydrogens (tertiary/aromatic N) is 8. The predicted octanol–water partition coefficient (Wildman–Crippen LogP) is 11.7. The zero-order valence-corrected chi connectivity index (χ0v) is 32.1. The molecular formula is C52H32N8. The van der Waals surface area contributed by atoms with Gasteiger partial charge >= 0.3 is 0 Å². The van der Waals surface area contributed by atoms with Crippen molar-refractivity contribution in [2.75, 3.05) is 0 Å². The lowest BCUT2D eigenvalue weighted by atomic mass is 9.96. The molecule has 0 unspecified atom stereocenters. The van der Waals surface area contributed by atoms with Crippen LogP contribution in [0.4, 0.5) is 11.4 Å². The van der Waals surface area contributed by atoms with E-state index in [0.717, 1.165) is 77.4 Å². The molecular weight excluding hydrogens is 737 g/mol. The number of aliphatic imine (C=N–C) groups is 2. The maximum atomic E-state index is 5.48. The van der Waals surface area contributed by atoms with Crippen molar-refractivity contribution in [3.05, 3.63) is 218 Å². The Labute approximate surface area is 345 Å². The SMILES string of the molecule is c1cncc(-c2cncc(-c3ccc(C4=Nc5cc6ccccc6nc5C(c5ccc(-c6cncc(-c7cccnc7)c6)cc5)=Nc5cc6ccccc6nc54)cc3)c2)c1. The quantitative estimate of drug-likeness (QED) is 0.167. The molecule has 11 rings (SSSR count). The van der Waals surface area contributed by atoms with E-state index in [2.05, 4.69) is 105 Å². The minimum Gasteiger partial charge on any atom is -0.264 e. The fraction of sp³-hybridized carbons (Fsp3) is 0. The van der Waals surface area contributed by atoms with Gasteiger partial charge < -0.3 is 0 Å². The Bertz CT molecular complexity index is 3070. The Morgan fingerprint density at radius 3 is 1.08 bits per heavy atom. The Balaban J connectivity index is 1.05. The summed E-state index contributed by atoms with van der Waals surface area (Å²) in [6.07, 6.45) is 14.8. The highest BCUT2D eigenvalue weighted by Gasteiger charge is 2.24. The average Bonchev–Trinajstić information content (AvgIpc) is 3.32. The third kappa shape index (κ3) is 6.58. The monoisotopic (exact) mass is 768 g/mol. The minimum atomic E-state index is 0.688. The molecule has 1 aliphatic rings. The Morgan fingerprint density at radius 2 is 0.667 bits per heavy atom. The summed E-state index contributed by atoms with van der Waals surface area (Å²) < 4.78 is 0. The summed E-state index contributed by atoms with van der Waals surface area (Å²) in [6, 6.07) is 49.5. The maximum Gasteiger partial charge on any atom is 0.116 e. The summed E-state index contributed by atoms with van der Waals surface area (Å²) in [5.41, 5.74) is 15.9. The van der Waals surface area contributed by atoms with Crippen LogP contribution in [0.3, 0.4) is 0 Å². The summed E-state index contributed by atoms with van der Waals surface area (Å²) in [4.78, 5) is 39.2. The van der Waals surface area contributed by atoms with Crippen molar-refractivity contribution in [2.24, 2.45) is 9.98 Å². The molecule has 280 valence electrons. The van der Waals surface area contributed by atoms with Crippen LogP contribution in [0, 0.1) is 0 Å². The Hall–Kier alpha value is -8.36. The minimum absolute atomic E-state index is 0.688. The number of hydrogen-bond acceptors (Lipinski definition) is 8. The van der Waals surface area contributed by atoms with Gasteiger partial charge in [-0.15, -0.1) is 0 Å². The molecule has 60 heavy (non-hydrogen) atoms. The summed E-state index contributed by atoms with van der Waals surface area (Å²) in [7, 11) is 0. The predicted molar refractivity (Wildman–Crippen MR) is 240 cm³/mol. The molecule has 10 aromatic rings. The molecule has 0 atom stereocenters. The lowest BCUT2D eigenvalue weighted by molar-refractivity contribution is 1.27. The summed E-state index contributed by atoms with van der Waals surface area (Å²) in [5, 5.41) is 1.97. The first-order valence-electron chi connectivity index (χ1n) is 19.6. The van der Waals surface area contributed by atoms with E-state index in [0.29, 0.717) is 34.2 Å². The molecule has 0 aliphatic carbocycles. The van der Waals surface area contributed by atoms with E-state index in [1.807, 2.05) is 97.8 Å². The zero-order chi connectivity index (χ0) is 39.8. The molecule has 7 heterocycles. The summed E-state index contributed by atoms with van der Waals surface area (Å²) in [6.45, 7) is 0. The van der Waals surface area contributed by atoms with E-state index in [9.17, 15) is 0 Å². The molecule has 0 bridgehead atoms. The van der Waals surface area contributed by atoms with Gasteiger partial charge in [-0.3, -0.25) is 19.9 Å². The number of benzene rings is 4. The van der Waals surface area contributed by atoms with Gasteiger partial charge in [-0.05, 0) is 59.7 Å². The fourth-order valence-electron chi connectivity index (χ4n) is 7.70. The van der Waals surface area contributed by atoms with Crippen LogP contribution in [0.25, 0.3) is 66.3 Å². The van der Waals surface area contributed by atoms with Crippen molar-refractivity contribution < 1.29 is 0 Å². The molecule has 0 saturated heterocycles. The lowest BCUT2D eigenvalue weighted by Crippen LogP contribution is -2.13. The highest BCUT2D eigenvalue weighted by atomic mass is 14.9. The van der Waals surface area contributed by atoms with Crippen molar-refractivity contribution >= 4 is 44.6 Å². The standard InChI is InChI=1S/C52H32N8/c1-3-11-45-37(7-1)25-47-51(57-45)49(35-17-13-33(14-18-35)41-23-43(31-55-29-41)39-9-5-21-53-27-39)60-48-26-38-8-2-4-12-46(38)58-52(48)50(59-47)36-19-15-34(16-20-36)42-24-44(32-56-30-42)40-10-6-22-54-28-40/h1-32H.